The molecule has 0 aliphatic carbocycles. The van der Waals surface area contributed by atoms with Gasteiger partial charge in [0.15, 0.2) is 6.61 Å². The van der Waals surface area contributed by atoms with Gasteiger partial charge < -0.3 is 15.4 Å². The van der Waals surface area contributed by atoms with Crippen LogP contribution in [-0.2, 0) is 4.79 Å². The molecule has 5 heteroatoms. The Kier molecular flexibility index (Phi) is 4.76. The molecule has 19 heavy (non-hydrogen) atoms. The average molecular weight is 259 g/mol. The summed E-state index contributed by atoms with van der Waals surface area (Å²) in [5.74, 6) is 0.626. The van der Waals surface area contributed by atoms with E-state index in [2.05, 4.69) is 10.6 Å². The van der Waals surface area contributed by atoms with E-state index in [-0.39, 0.29) is 18.6 Å². The summed E-state index contributed by atoms with van der Waals surface area (Å²) >= 11 is 0. The number of anilines is 1. The standard InChI is InChI=1S/C14H17N3O2/c15-8-10-19-12-6-4-11(5-7-12)17-14(18)13-3-1-2-9-16-13/h4-7,13,16H,1-3,9-10H2,(H,17,18). The van der Waals surface area contributed by atoms with Gasteiger partial charge in [-0.1, -0.05) is 6.42 Å². The molecule has 1 amide bonds. The van der Waals surface area contributed by atoms with Gasteiger partial charge in [0.1, 0.15) is 11.8 Å². The van der Waals surface area contributed by atoms with Gasteiger partial charge in [-0.3, -0.25) is 4.79 Å². The lowest BCUT2D eigenvalue weighted by Gasteiger charge is -2.22. The number of nitriles is 1. The highest BCUT2D eigenvalue weighted by atomic mass is 16.5. The van der Waals surface area contributed by atoms with Gasteiger partial charge in [-0.25, -0.2) is 0 Å². The van der Waals surface area contributed by atoms with Crippen molar-refractivity contribution < 1.29 is 9.53 Å². The third-order valence-corrected chi connectivity index (χ3v) is 3.05. The van der Waals surface area contributed by atoms with Crippen molar-refractivity contribution in [2.24, 2.45) is 0 Å². The number of hydrogen-bond donors (Lipinski definition) is 2. The Labute approximate surface area is 112 Å². The first-order valence-electron chi connectivity index (χ1n) is 6.43. The summed E-state index contributed by atoms with van der Waals surface area (Å²) in [4.78, 5) is 12.0. The molecule has 1 aliphatic heterocycles. The van der Waals surface area contributed by atoms with Crippen molar-refractivity contribution in [1.29, 1.82) is 5.26 Å². The number of carbonyl (C=O) groups excluding carboxylic acids is 1. The van der Waals surface area contributed by atoms with Gasteiger partial charge in [-0.05, 0) is 43.7 Å². The third-order valence-electron chi connectivity index (χ3n) is 3.05. The second-order valence-corrected chi connectivity index (χ2v) is 4.46. The number of nitrogens with zero attached hydrogens (tertiary/aromatic N) is 1. The quantitative estimate of drug-likeness (QED) is 0.862. The molecular formula is C14H17N3O2. The van der Waals surface area contributed by atoms with E-state index in [0.717, 1.165) is 31.5 Å². The topological polar surface area (TPSA) is 74.1 Å². The molecule has 1 aliphatic rings. The van der Waals surface area contributed by atoms with Crippen LogP contribution in [0.25, 0.3) is 0 Å². The minimum Gasteiger partial charge on any atom is -0.479 e. The molecule has 2 N–H and O–H groups in total. The van der Waals surface area contributed by atoms with Crippen LogP contribution in [0.2, 0.25) is 0 Å². The first-order chi connectivity index (χ1) is 9.29. The predicted octanol–water partition coefficient (Wildman–Crippen LogP) is 1.67. The number of rotatable bonds is 4. The zero-order valence-electron chi connectivity index (χ0n) is 10.7. The summed E-state index contributed by atoms with van der Waals surface area (Å²) < 4.78 is 5.15. The first kappa shape index (κ1) is 13.4. The van der Waals surface area contributed by atoms with Gasteiger partial charge in [0.2, 0.25) is 5.91 Å². The van der Waals surface area contributed by atoms with E-state index in [9.17, 15) is 4.79 Å². The van der Waals surface area contributed by atoms with Crippen LogP contribution in [0.1, 0.15) is 19.3 Å². The zero-order chi connectivity index (χ0) is 13.5. The minimum atomic E-state index is -0.0942. The average Bonchev–Trinajstić information content (AvgIpc) is 2.47. The van der Waals surface area contributed by atoms with Gasteiger partial charge >= 0.3 is 0 Å². The van der Waals surface area contributed by atoms with Crippen molar-refractivity contribution in [3.05, 3.63) is 24.3 Å². The van der Waals surface area contributed by atoms with Crippen LogP contribution in [0.15, 0.2) is 24.3 Å². The van der Waals surface area contributed by atoms with E-state index in [4.69, 9.17) is 10.00 Å². The number of benzene rings is 1. The molecule has 0 radical (unpaired) electrons. The van der Waals surface area contributed by atoms with Gasteiger partial charge in [-0.15, -0.1) is 0 Å². The maximum absolute atomic E-state index is 12.0. The smallest absolute Gasteiger partial charge is 0.241 e. The van der Waals surface area contributed by atoms with Crippen molar-refractivity contribution in [3.8, 4) is 11.8 Å². The van der Waals surface area contributed by atoms with Crippen molar-refractivity contribution in [3.63, 3.8) is 0 Å². The molecule has 0 bridgehead atoms. The number of hydrogen-bond acceptors (Lipinski definition) is 4. The lowest BCUT2D eigenvalue weighted by molar-refractivity contribution is -0.118. The molecule has 5 nitrogen and oxygen atoms in total. The second-order valence-electron chi connectivity index (χ2n) is 4.46. The number of amides is 1. The summed E-state index contributed by atoms with van der Waals surface area (Å²) in [7, 11) is 0. The van der Waals surface area contributed by atoms with E-state index >= 15 is 0 Å². The Balaban J connectivity index is 1.88. The molecule has 1 aromatic rings. The summed E-state index contributed by atoms with van der Waals surface area (Å²) in [6.07, 6.45) is 3.11. The van der Waals surface area contributed by atoms with Crippen LogP contribution in [-0.4, -0.2) is 25.1 Å². The molecule has 1 atom stereocenters. The van der Waals surface area contributed by atoms with Crippen molar-refractivity contribution >= 4 is 11.6 Å². The molecule has 1 unspecified atom stereocenters. The van der Waals surface area contributed by atoms with Gasteiger partial charge in [-0.2, -0.15) is 5.26 Å². The molecule has 1 saturated heterocycles. The Bertz CT molecular complexity index is 459. The van der Waals surface area contributed by atoms with E-state index in [1.165, 1.54) is 0 Å². The number of piperidine rings is 1. The van der Waals surface area contributed by atoms with Crippen LogP contribution in [0.5, 0.6) is 5.75 Å². The molecule has 0 aromatic heterocycles. The molecule has 0 spiro atoms. The summed E-state index contributed by atoms with van der Waals surface area (Å²) in [6, 6.07) is 8.83. The fourth-order valence-corrected chi connectivity index (χ4v) is 2.06. The highest BCUT2D eigenvalue weighted by Gasteiger charge is 2.20. The molecular weight excluding hydrogens is 242 g/mol. The van der Waals surface area contributed by atoms with Crippen LogP contribution < -0.4 is 15.4 Å². The van der Waals surface area contributed by atoms with Crippen molar-refractivity contribution in [2.75, 3.05) is 18.5 Å². The SMILES string of the molecule is N#CCOc1ccc(NC(=O)C2CCCCN2)cc1. The normalized spacial score (nSPS) is 18.4. The molecule has 0 saturated carbocycles. The lowest BCUT2D eigenvalue weighted by atomic mass is 10.0. The fourth-order valence-electron chi connectivity index (χ4n) is 2.06. The molecule has 2 rings (SSSR count). The van der Waals surface area contributed by atoms with E-state index in [1.54, 1.807) is 24.3 Å². The van der Waals surface area contributed by atoms with E-state index in [0.29, 0.717) is 5.75 Å². The highest BCUT2D eigenvalue weighted by Crippen LogP contribution is 2.16. The van der Waals surface area contributed by atoms with E-state index < -0.39 is 0 Å². The molecule has 1 aromatic carbocycles. The Morgan fingerprint density at radius 3 is 2.84 bits per heavy atom. The number of nitrogens with one attached hydrogen (secondary N) is 2. The molecule has 1 fully saturated rings. The summed E-state index contributed by atoms with van der Waals surface area (Å²) in [5.41, 5.74) is 0.738. The first-order valence-corrected chi connectivity index (χ1v) is 6.43. The second kappa shape index (κ2) is 6.76. The monoisotopic (exact) mass is 259 g/mol. The Hall–Kier alpha value is -2.06. The number of ether oxygens (including phenoxy) is 1. The fraction of sp³-hybridized carbons (Fsp3) is 0.429. The van der Waals surface area contributed by atoms with Gasteiger partial charge in [0.05, 0.1) is 6.04 Å². The highest BCUT2D eigenvalue weighted by molar-refractivity contribution is 5.94. The van der Waals surface area contributed by atoms with Crippen molar-refractivity contribution in [2.45, 2.75) is 25.3 Å². The van der Waals surface area contributed by atoms with E-state index in [1.807, 2.05) is 6.07 Å². The van der Waals surface area contributed by atoms with Gasteiger partial charge in [0.25, 0.3) is 0 Å². The Morgan fingerprint density at radius 1 is 1.42 bits per heavy atom. The van der Waals surface area contributed by atoms with Gasteiger partial charge in [0, 0.05) is 5.69 Å². The summed E-state index contributed by atoms with van der Waals surface area (Å²) in [6.45, 7) is 0.927. The van der Waals surface area contributed by atoms with Crippen LogP contribution in [0, 0.1) is 11.3 Å². The Morgan fingerprint density at radius 2 is 2.21 bits per heavy atom. The minimum absolute atomic E-state index is 0.00499. The van der Waals surface area contributed by atoms with Crippen LogP contribution in [0.4, 0.5) is 5.69 Å². The zero-order valence-corrected chi connectivity index (χ0v) is 10.7. The maximum atomic E-state index is 12.0. The third kappa shape index (κ3) is 3.97. The molecule has 100 valence electrons. The largest absolute Gasteiger partial charge is 0.479 e. The van der Waals surface area contributed by atoms with Crippen molar-refractivity contribution in [1.82, 2.24) is 5.32 Å². The number of carbonyl (C=O) groups is 1. The predicted molar refractivity (Wildman–Crippen MR) is 71.8 cm³/mol. The summed E-state index contributed by atoms with van der Waals surface area (Å²) in [5, 5.41) is 14.5. The van der Waals surface area contributed by atoms with Crippen LogP contribution >= 0.6 is 0 Å². The molecule has 1 heterocycles. The lowest BCUT2D eigenvalue weighted by Crippen LogP contribution is -2.43. The maximum Gasteiger partial charge on any atom is 0.241 e. The van der Waals surface area contributed by atoms with Crippen LogP contribution in [0.3, 0.4) is 0 Å².